The van der Waals surface area contributed by atoms with Crippen molar-refractivity contribution in [1.82, 2.24) is 15.1 Å². The summed E-state index contributed by atoms with van der Waals surface area (Å²) in [5, 5.41) is 5.78. The largest absolute Gasteiger partial charge is 0.331 e. The Morgan fingerprint density at radius 1 is 1.07 bits per heavy atom. The van der Waals surface area contributed by atoms with Gasteiger partial charge in [0, 0.05) is 36.3 Å². The summed E-state index contributed by atoms with van der Waals surface area (Å²) in [6, 6.07) is 13.3. The summed E-state index contributed by atoms with van der Waals surface area (Å²) in [6.07, 6.45) is 0. The fraction of sp³-hybridized carbons (Fsp3) is 0.333. The second-order valence-corrected chi connectivity index (χ2v) is 7.87. The summed E-state index contributed by atoms with van der Waals surface area (Å²) in [6.45, 7) is 4.53. The SMILES string of the molecule is CC(NC(=O)N1CCN(CC(=O)Nc2ccc(F)cc2)CC1)c1ccccc1Br. The first-order valence-electron chi connectivity index (χ1n) is 9.50. The number of piperazine rings is 1. The molecule has 3 rings (SSSR count). The summed E-state index contributed by atoms with van der Waals surface area (Å²) in [5.74, 6) is -0.497. The minimum atomic E-state index is -0.341. The number of anilines is 1. The predicted molar refractivity (Wildman–Crippen MR) is 114 cm³/mol. The third-order valence-electron chi connectivity index (χ3n) is 4.87. The van der Waals surface area contributed by atoms with Crippen molar-refractivity contribution >= 4 is 33.6 Å². The Hall–Kier alpha value is -2.45. The molecule has 1 fully saturated rings. The highest BCUT2D eigenvalue weighted by atomic mass is 79.9. The molecule has 2 aromatic rings. The van der Waals surface area contributed by atoms with Crippen LogP contribution in [-0.4, -0.2) is 54.5 Å². The van der Waals surface area contributed by atoms with Gasteiger partial charge in [-0.3, -0.25) is 9.69 Å². The Labute approximate surface area is 178 Å². The first-order chi connectivity index (χ1) is 13.9. The molecule has 2 aromatic carbocycles. The molecule has 3 amide bonds. The monoisotopic (exact) mass is 462 g/mol. The van der Waals surface area contributed by atoms with E-state index in [-0.39, 0.29) is 30.3 Å². The maximum Gasteiger partial charge on any atom is 0.317 e. The smallest absolute Gasteiger partial charge is 0.317 e. The van der Waals surface area contributed by atoms with Crippen LogP contribution in [0.15, 0.2) is 53.0 Å². The number of benzene rings is 2. The van der Waals surface area contributed by atoms with E-state index in [0.29, 0.717) is 31.9 Å². The maximum atomic E-state index is 12.9. The highest BCUT2D eigenvalue weighted by molar-refractivity contribution is 9.10. The number of nitrogens with one attached hydrogen (secondary N) is 2. The average molecular weight is 463 g/mol. The van der Waals surface area contributed by atoms with E-state index in [9.17, 15) is 14.0 Å². The molecule has 6 nitrogen and oxygen atoms in total. The van der Waals surface area contributed by atoms with Crippen LogP contribution in [0.1, 0.15) is 18.5 Å². The zero-order valence-corrected chi connectivity index (χ0v) is 17.8. The van der Waals surface area contributed by atoms with E-state index in [1.165, 1.54) is 24.3 Å². The van der Waals surface area contributed by atoms with Crippen molar-refractivity contribution in [2.24, 2.45) is 0 Å². The topological polar surface area (TPSA) is 64.7 Å². The van der Waals surface area contributed by atoms with Crippen LogP contribution in [0.3, 0.4) is 0 Å². The zero-order valence-electron chi connectivity index (χ0n) is 16.2. The molecule has 0 aromatic heterocycles. The van der Waals surface area contributed by atoms with Crippen LogP contribution in [-0.2, 0) is 4.79 Å². The van der Waals surface area contributed by atoms with Gasteiger partial charge in [-0.05, 0) is 42.8 Å². The third-order valence-corrected chi connectivity index (χ3v) is 5.59. The van der Waals surface area contributed by atoms with Gasteiger partial charge in [0.15, 0.2) is 0 Å². The summed E-state index contributed by atoms with van der Waals surface area (Å²) in [5.41, 5.74) is 1.59. The van der Waals surface area contributed by atoms with Gasteiger partial charge < -0.3 is 15.5 Å². The van der Waals surface area contributed by atoms with Gasteiger partial charge in [0.1, 0.15) is 5.82 Å². The molecule has 1 unspecified atom stereocenters. The van der Waals surface area contributed by atoms with E-state index in [2.05, 4.69) is 26.6 Å². The average Bonchev–Trinajstić information content (AvgIpc) is 2.70. The van der Waals surface area contributed by atoms with Crippen molar-refractivity contribution in [3.05, 3.63) is 64.4 Å². The van der Waals surface area contributed by atoms with E-state index in [4.69, 9.17) is 0 Å². The van der Waals surface area contributed by atoms with Crippen molar-refractivity contribution in [2.45, 2.75) is 13.0 Å². The molecule has 1 atom stereocenters. The molecular formula is C21H24BrFN4O2. The summed E-state index contributed by atoms with van der Waals surface area (Å²) in [7, 11) is 0. The molecule has 1 heterocycles. The summed E-state index contributed by atoms with van der Waals surface area (Å²) in [4.78, 5) is 28.5. The Bertz CT molecular complexity index is 854. The van der Waals surface area contributed by atoms with Gasteiger partial charge >= 0.3 is 6.03 Å². The van der Waals surface area contributed by atoms with Crippen LogP contribution in [0.25, 0.3) is 0 Å². The lowest BCUT2D eigenvalue weighted by molar-refractivity contribution is -0.117. The zero-order chi connectivity index (χ0) is 20.8. The number of carbonyl (C=O) groups is 2. The van der Waals surface area contributed by atoms with E-state index in [0.717, 1.165) is 10.0 Å². The molecule has 1 saturated heterocycles. The Morgan fingerprint density at radius 3 is 2.38 bits per heavy atom. The van der Waals surface area contributed by atoms with Crippen LogP contribution in [0, 0.1) is 5.82 Å². The van der Waals surface area contributed by atoms with Gasteiger partial charge in [-0.1, -0.05) is 34.1 Å². The first kappa shape index (κ1) is 21.3. The van der Waals surface area contributed by atoms with Gasteiger partial charge in [-0.15, -0.1) is 0 Å². The lowest BCUT2D eigenvalue weighted by Crippen LogP contribution is -2.53. The highest BCUT2D eigenvalue weighted by Gasteiger charge is 2.24. The second kappa shape index (κ2) is 9.84. The van der Waals surface area contributed by atoms with E-state index >= 15 is 0 Å². The van der Waals surface area contributed by atoms with Crippen molar-refractivity contribution in [2.75, 3.05) is 38.0 Å². The van der Waals surface area contributed by atoms with Gasteiger partial charge in [0.25, 0.3) is 0 Å². The van der Waals surface area contributed by atoms with E-state index < -0.39 is 0 Å². The molecule has 0 radical (unpaired) electrons. The predicted octanol–water partition coefficient (Wildman–Crippen LogP) is 3.62. The molecule has 0 aliphatic carbocycles. The first-order valence-corrected chi connectivity index (χ1v) is 10.3. The Kier molecular flexibility index (Phi) is 7.22. The summed E-state index contributed by atoms with van der Waals surface area (Å²) >= 11 is 3.51. The van der Waals surface area contributed by atoms with E-state index in [1.54, 1.807) is 4.90 Å². The molecule has 154 valence electrons. The number of hydrogen-bond donors (Lipinski definition) is 2. The number of rotatable bonds is 5. The van der Waals surface area contributed by atoms with Crippen molar-refractivity contribution in [1.29, 1.82) is 0 Å². The normalized spacial score (nSPS) is 15.6. The van der Waals surface area contributed by atoms with Crippen molar-refractivity contribution in [3.63, 3.8) is 0 Å². The van der Waals surface area contributed by atoms with Crippen LogP contribution >= 0.6 is 15.9 Å². The van der Waals surface area contributed by atoms with Gasteiger partial charge in [0.05, 0.1) is 12.6 Å². The van der Waals surface area contributed by atoms with Gasteiger partial charge in [-0.25, -0.2) is 9.18 Å². The molecule has 8 heteroatoms. The number of amides is 3. The molecule has 1 aliphatic rings. The van der Waals surface area contributed by atoms with Crippen LogP contribution in [0.5, 0.6) is 0 Å². The number of carbonyl (C=O) groups excluding carboxylic acids is 2. The lowest BCUT2D eigenvalue weighted by Gasteiger charge is -2.35. The third kappa shape index (κ3) is 6.01. The quantitative estimate of drug-likeness (QED) is 0.712. The number of urea groups is 1. The van der Waals surface area contributed by atoms with Crippen LogP contribution < -0.4 is 10.6 Å². The molecule has 2 N–H and O–H groups in total. The second-order valence-electron chi connectivity index (χ2n) is 7.01. The van der Waals surface area contributed by atoms with Crippen LogP contribution in [0.4, 0.5) is 14.9 Å². The molecule has 0 spiro atoms. The number of halogens is 2. The van der Waals surface area contributed by atoms with Crippen molar-refractivity contribution in [3.8, 4) is 0 Å². The molecule has 29 heavy (non-hydrogen) atoms. The standard InChI is InChI=1S/C21H24BrFN4O2/c1-15(18-4-2-3-5-19(18)22)24-21(29)27-12-10-26(11-13-27)14-20(28)25-17-8-6-16(23)7-9-17/h2-9,15H,10-14H2,1H3,(H,24,29)(H,25,28). The van der Waals surface area contributed by atoms with Crippen LogP contribution in [0.2, 0.25) is 0 Å². The maximum absolute atomic E-state index is 12.9. The van der Waals surface area contributed by atoms with E-state index in [1.807, 2.05) is 36.1 Å². The number of hydrogen-bond acceptors (Lipinski definition) is 3. The molecule has 0 bridgehead atoms. The molecule has 0 saturated carbocycles. The number of nitrogens with zero attached hydrogens (tertiary/aromatic N) is 2. The van der Waals surface area contributed by atoms with Crippen molar-refractivity contribution < 1.29 is 14.0 Å². The molecular weight excluding hydrogens is 439 g/mol. The Morgan fingerprint density at radius 2 is 1.72 bits per heavy atom. The fourth-order valence-corrected chi connectivity index (χ4v) is 3.85. The van der Waals surface area contributed by atoms with Gasteiger partial charge in [-0.2, -0.15) is 0 Å². The molecule has 1 aliphatic heterocycles. The lowest BCUT2D eigenvalue weighted by atomic mass is 10.1. The fourth-order valence-electron chi connectivity index (χ4n) is 3.23. The minimum Gasteiger partial charge on any atom is -0.331 e. The highest BCUT2D eigenvalue weighted by Crippen LogP contribution is 2.23. The summed E-state index contributed by atoms with van der Waals surface area (Å²) < 4.78 is 13.9. The Balaban J connectivity index is 1.43. The minimum absolute atomic E-state index is 0.108. The van der Waals surface area contributed by atoms with Gasteiger partial charge in [0.2, 0.25) is 5.91 Å².